The molecule has 1 aromatic rings. The maximum absolute atomic E-state index is 13.1. The molecule has 1 aliphatic rings. The van der Waals surface area contributed by atoms with Crippen molar-refractivity contribution in [3.63, 3.8) is 0 Å². The number of pyridine rings is 1. The molecule has 1 saturated heterocycles. The Hall–Kier alpha value is -2.55. The van der Waals surface area contributed by atoms with Crippen LogP contribution in [0.5, 0.6) is 0 Å². The highest BCUT2D eigenvalue weighted by Crippen LogP contribution is 2.21. The van der Waals surface area contributed by atoms with Gasteiger partial charge in [-0.1, -0.05) is 39.7 Å². The molecule has 1 fully saturated rings. The van der Waals surface area contributed by atoms with Gasteiger partial charge in [-0.05, 0) is 25.0 Å². The van der Waals surface area contributed by atoms with Crippen molar-refractivity contribution in [1.29, 1.82) is 0 Å². The fourth-order valence-corrected chi connectivity index (χ4v) is 2.68. The first kappa shape index (κ1) is 23.5. The molecule has 0 unspecified atom stereocenters. The molecule has 156 valence electrons. The number of likely N-dealkylation sites (tertiary alicyclic amines) is 1. The number of halogens is 1. The van der Waals surface area contributed by atoms with Gasteiger partial charge in [-0.2, -0.15) is 4.39 Å². The van der Waals surface area contributed by atoms with Crippen molar-refractivity contribution >= 4 is 24.0 Å². The van der Waals surface area contributed by atoms with Gasteiger partial charge in [0.2, 0.25) is 24.2 Å². The number of carbonyl (C=O) groups excluding carboxylic acids is 3. The summed E-state index contributed by atoms with van der Waals surface area (Å²) >= 11 is 0. The molecule has 0 radical (unpaired) electrons. The zero-order valence-electron chi connectivity index (χ0n) is 16.6. The molecule has 1 aliphatic heterocycles. The number of hydrogen-bond donors (Lipinski definition) is 2. The van der Waals surface area contributed by atoms with Gasteiger partial charge < -0.3 is 10.2 Å². The molecule has 0 spiro atoms. The average molecular weight is 396 g/mol. The molecule has 1 aromatic heterocycles. The summed E-state index contributed by atoms with van der Waals surface area (Å²) in [5.74, 6) is -2.06. The van der Waals surface area contributed by atoms with Gasteiger partial charge in [0.05, 0.1) is 12.5 Å². The smallest absolute Gasteiger partial charge is 0.248 e. The van der Waals surface area contributed by atoms with Crippen LogP contribution in [0.1, 0.15) is 46.5 Å². The number of aromatic nitrogens is 1. The van der Waals surface area contributed by atoms with Gasteiger partial charge >= 0.3 is 0 Å². The maximum Gasteiger partial charge on any atom is 0.248 e. The Morgan fingerprint density at radius 3 is 2.68 bits per heavy atom. The molecule has 9 heteroatoms. The summed E-state index contributed by atoms with van der Waals surface area (Å²) in [4.78, 5) is 40.2. The third-order valence-corrected chi connectivity index (χ3v) is 4.31. The van der Waals surface area contributed by atoms with Crippen LogP contribution < -0.4 is 5.32 Å². The van der Waals surface area contributed by atoms with Crippen molar-refractivity contribution in [1.82, 2.24) is 14.9 Å². The van der Waals surface area contributed by atoms with Crippen molar-refractivity contribution in [2.75, 3.05) is 18.4 Å². The van der Waals surface area contributed by atoms with Crippen LogP contribution >= 0.6 is 0 Å². The number of hydrogen-bond acceptors (Lipinski definition) is 5. The Kier molecular flexibility index (Phi) is 10.1. The molecular formula is C19H29FN4O4. The number of carbonyl (C=O) groups is 3. The van der Waals surface area contributed by atoms with E-state index in [1.54, 1.807) is 6.92 Å². The van der Waals surface area contributed by atoms with Crippen molar-refractivity contribution in [3.8, 4) is 0 Å². The topological polar surface area (TPSA) is 103 Å². The summed E-state index contributed by atoms with van der Waals surface area (Å²) in [7, 11) is 0. The summed E-state index contributed by atoms with van der Waals surface area (Å²) < 4.78 is 13.1. The average Bonchev–Trinajstić information content (AvgIpc) is 3.17. The molecule has 2 N–H and O–H groups in total. The molecule has 0 saturated carbocycles. The lowest BCUT2D eigenvalue weighted by Crippen LogP contribution is -2.47. The molecule has 0 aliphatic carbocycles. The van der Waals surface area contributed by atoms with E-state index in [9.17, 15) is 24.0 Å². The van der Waals surface area contributed by atoms with Gasteiger partial charge in [-0.15, -0.1) is 0 Å². The number of hydroxylamine groups is 2. The van der Waals surface area contributed by atoms with E-state index in [1.165, 1.54) is 29.9 Å². The van der Waals surface area contributed by atoms with Crippen LogP contribution in [0.4, 0.5) is 10.2 Å². The molecule has 2 heterocycles. The lowest BCUT2D eigenvalue weighted by Gasteiger charge is -2.27. The zero-order valence-corrected chi connectivity index (χ0v) is 16.6. The Bertz CT molecular complexity index is 657. The minimum Gasteiger partial charge on any atom is -0.330 e. The van der Waals surface area contributed by atoms with Crippen LogP contribution in [-0.4, -0.2) is 57.5 Å². The third kappa shape index (κ3) is 7.22. The number of unbranched alkanes of at least 4 members (excludes halogenated alkanes) is 1. The highest BCUT2D eigenvalue weighted by molar-refractivity contribution is 5.97. The van der Waals surface area contributed by atoms with E-state index in [4.69, 9.17) is 0 Å². The Morgan fingerprint density at radius 1 is 1.43 bits per heavy atom. The van der Waals surface area contributed by atoms with E-state index < -0.39 is 23.8 Å². The van der Waals surface area contributed by atoms with Crippen molar-refractivity contribution in [2.45, 2.75) is 52.5 Å². The molecule has 0 bridgehead atoms. The van der Waals surface area contributed by atoms with Gasteiger partial charge in [0.1, 0.15) is 11.9 Å². The molecule has 2 atom stereocenters. The van der Waals surface area contributed by atoms with Gasteiger partial charge in [0.25, 0.3) is 0 Å². The Balaban J connectivity index is 0.000000892. The van der Waals surface area contributed by atoms with E-state index in [-0.39, 0.29) is 24.7 Å². The second-order valence-electron chi connectivity index (χ2n) is 6.65. The van der Waals surface area contributed by atoms with Crippen LogP contribution in [-0.2, 0) is 14.4 Å². The highest BCUT2D eigenvalue weighted by Gasteiger charge is 2.36. The van der Waals surface area contributed by atoms with Crippen LogP contribution in [0.15, 0.2) is 18.2 Å². The second kappa shape index (κ2) is 12.0. The third-order valence-electron chi connectivity index (χ3n) is 4.31. The first-order valence-electron chi connectivity index (χ1n) is 9.48. The number of amides is 3. The van der Waals surface area contributed by atoms with Crippen LogP contribution in [0.25, 0.3) is 0 Å². The largest absolute Gasteiger partial charge is 0.330 e. The van der Waals surface area contributed by atoms with Crippen LogP contribution in [0.3, 0.4) is 0 Å². The minimum absolute atomic E-state index is 0.0786. The lowest BCUT2D eigenvalue weighted by molar-refractivity contribution is -0.156. The monoisotopic (exact) mass is 396 g/mol. The molecule has 8 nitrogen and oxygen atoms in total. The quantitative estimate of drug-likeness (QED) is 0.319. The molecule has 3 amide bonds. The predicted octanol–water partition coefficient (Wildman–Crippen LogP) is 2.44. The zero-order chi connectivity index (χ0) is 21.1. The summed E-state index contributed by atoms with van der Waals surface area (Å²) in [6.45, 7) is 6.18. The summed E-state index contributed by atoms with van der Waals surface area (Å²) in [5.41, 5.74) is 0. The molecular weight excluding hydrogens is 367 g/mol. The number of rotatable bonds is 7. The van der Waals surface area contributed by atoms with E-state index in [2.05, 4.69) is 24.1 Å². The van der Waals surface area contributed by atoms with Crippen LogP contribution in [0, 0.1) is 11.9 Å². The standard InChI is InChI=1S/C15H19FN4O4.C4H10/c1-10(8-19(24)9-21)15(23)20-7-3-4-11(20)14(22)18-13-6-2-5-12(16)17-13;1-3-4-2/h2,5-6,9-11,24H,3-4,7-8H2,1H3,(H,17,18,22);3-4H2,1-2H3/t10-,11+;/m1./s1. The van der Waals surface area contributed by atoms with E-state index in [0.717, 1.165) is 6.07 Å². The Morgan fingerprint density at radius 2 is 2.11 bits per heavy atom. The first-order chi connectivity index (χ1) is 13.3. The predicted molar refractivity (Wildman–Crippen MR) is 102 cm³/mol. The first-order valence-corrected chi connectivity index (χ1v) is 9.48. The molecule has 0 aromatic carbocycles. The van der Waals surface area contributed by atoms with Crippen LogP contribution in [0.2, 0.25) is 0 Å². The Labute approximate surface area is 164 Å². The number of nitrogens with zero attached hydrogens (tertiary/aromatic N) is 3. The second-order valence-corrected chi connectivity index (χ2v) is 6.65. The highest BCUT2D eigenvalue weighted by atomic mass is 19.1. The maximum atomic E-state index is 13.1. The number of anilines is 1. The number of nitrogens with one attached hydrogen (secondary N) is 1. The lowest BCUT2D eigenvalue weighted by atomic mass is 10.1. The fraction of sp³-hybridized carbons (Fsp3) is 0.579. The summed E-state index contributed by atoms with van der Waals surface area (Å²) in [5, 5.41) is 12.1. The fourth-order valence-electron chi connectivity index (χ4n) is 2.68. The van der Waals surface area contributed by atoms with E-state index in [1.807, 2.05) is 0 Å². The normalized spacial score (nSPS) is 16.6. The minimum atomic E-state index is -0.710. The van der Waals surface area contributed by atoms with Gasteiger partial charge in [0, 0.05) is 6.54 Å². The van der Waals surface area contributed by atoms with Crippen molar-refractivity contribution in [3.05, 3.63) is 24.1 Å². The SMILES string of the molecule is CCCC.C[C@H](CN(O)C=O)C(=O)N1CCC[C@H]1C(=O)Nc1cccc(F)n1. The molecule has 28 heavy (non-hydrogen) atoms. The molecule has 2 rings (SSSR count). The summed E-state index contributed by atoms with van der Waals surface area (Å²) in [6, 6.07) is 3.36. The van der Waals surface area contributed by atoms with Crippen molar-refractivity contribution < 1.29 is 24.0 Å². The van der Waals surface area contributed by atoms with Gasteiger partial charge in [0.15, 0.2) is 0 Å². The van der Waals surface area contributed by atoms with Crippen molar-refractivity contribution in [2.24, 2.45) is 5.92 Å². The van der Waals surface area contributed by atoms with E-state index in [0.29, 0.717) is 24.4 Å². The van der Waals surface area contributed by atoms with E-state index >= 15 is 0 Å². The van der Waals surface area contributed by atoms with Gasteiger partial charge in [-0.25, -0.2) is 10.0 Å². The van der Waals surface area contributed by atoms with Gasteiger partial charge in [-0.3, -0.25) is 19.6 Å². The summed E-state index contributed by atoms with van der Waals surface area (Å²) in [6.07, 6.45) is 3.99.